The Hall–Kier alpha value is -0.650. The number of hydrogen-bond acceptors (Lipinski definition) is 5. The van der Waals surface area contributed by atoms with Gasteiger partial charge in [-0.25, -0.2) is 0 Å². The summed E-state index contributed by atoms with van der Waals surface area (Å²) in [4.78, 5) is 11.4. The lowest BCUT2D eigenvalue weighted by molar-refractivity contribution is -0.149. The molecule has 0 aliphatic rings. The summed E-state index contributed by atoms with van der Waals surface area (Å²) in [5, 5.41) is 0. The van der Waals surface area contributed by atoms with Crippen molar-refractivity contribution in [3.05, 3.63) is 0 Å². The van der Waals surface area contributed by atoms with E-state index in [-0.39, 0.29) is 30.6 Å². The van der Waals surface area contributed by atoms with E-state index >= 15 is 0 Å². The fourth-order valence-electron chi connectivity index (χ4n) is 1.82. The standard InChI is InChI=1S/C9H20N2O2.C6H15N/c1-4-8(7(3)11)9(12)13-5-6(2)10;1-5(2)4-6(3)7/h6-8H,4-5,10-11H2,1-3H3;5-6H,4,7H2,1-3H3. The molecule has 0 bridgehead atoms. The van der Waals surface area contributed by atoms with Crippen molar-refractivity contribution < 1.29 is 9.53 Å². The number of esters is 1. The van der Waals surface area contributed by atoms with E-state index < -0.39 is 0 Å². The monoisotopic (exact) mass is 289 g/mol. The Labute approximate surface area is 124 Å². The molecule has 0 saturated heterocycles. The predicted molar refractivity (Wildman–Crippen MR) is 85.1 cm³/mol. The maximum Gasteiger partial charge on any atom is 0.310 e. The van der Waals surface area contributed by atoms with E-state index in [1.54, 1.807) is 13.8 Å². The van der Waals surface area contributed by atoms with E-state index in [9.17, 15) is 4.79 Å². The highest BCUT2D eigenvalue weighted by molar-refractivity contribution is 5.73. The maximum atomic E-state index is 11.4. The molecule has 0 aromatic rings. The van der Waals surface area contributed by atoms with E-state index in [4.69, 9.17) is 21.9 Å². The summed E-state index contributed by atoms with van der Waals surface area (Å²) < 4.78 is 4.97. The SMILES string of the molecule is CC(C)CC(C)N.CCC(C(=O)OCC(C)N)C(C)N. The second-order valence-electron chi connectivity index (χ2n) is 6.09. The van der Waals surface area contributed by atoms with Crippen LogP contribution in [0.25, 0.3) is 0 Å². The number of hydrogen-bond donors (Lipinski definition) is 3. The molecule has 6 N–H and O–H groups in total. The van der Waals surface area contributed by atoms with Crippen LogP contribution in [0.1, 0.15) is 54.4 Å². The minimum absolute atomic E-state index is 0.116. The number of ether oxygens (including phenoxy) is 1. The zero-order valence-corrected chi connectivity index (χ0v) is 14.1. The summed E-state index contributed by atoms with van der Waals surface area (Å²) in [6.07, 6.45) is 1.84. The highest BCUT2D eigenvalue weighted by atomic mass is 16.5. The molecule has 0 fully saturated rings. The van der Waals surface area contributed by atoms with Crippen LogP contribution in [-0.2, 0) is 9.53 Å². The third-order valence-corrected chi connectivity index (χ3v) is 2.71. The van der Waals surface area contributed by atoms with Gasteiger partial charge < -0.3 is 21.9 Å². The Bertz CT molecular complexity index is 235. The summed E-state index contributed by atoms with van der Waals surface area (Å²) in [5.74, 6) is 0.300. The Morgan fingerprint density at radius 1 is 1.00 bits per heavy atom. The second-order valence-corrected chi connectivity index (χ2v) is 6.09. The zero-order valence-electron chi connectivity index (χ0n) is 14.1. The molecule has 0 aliphatic carbocycles. The Morgan fingerprint density at radius 3 is 1.70 bits per heavy atom. The average molecular weight is 289 g/mol. The molecule has 20 heavy (non-hydrogen) atoms. The zero-order chi connectivity index (χ0) is 16.3. The summed E-state index contributed by atoms with van der Waals surface area (Å²) >= 11 is 0. The first-order valence-electron chi connectivity index (χ1n) is 7.55. The minimum Gasteiger partial charge on any atom is -0.464 e. The first-order chi connectivity index (χ1) is 9.11. The molecular formula is C15H35N3O2. The molecule has 122 valence electrons. The molecule has 0 aromatic heterocycles. The van der Waals surface area contributed by atoms with Crippen molar-refractivity contribution in [3.8, 4) is 0 Å². The van der Waals surface area contributed by atoms with Gasteiger partial charge in [0.1, 0.15) is 6.61 Å². The van der Waals surface area contributed by atoms with Crippen LogP contribution in [0.2, 0.25) is 0 Å². The molecule has 0 heterocycles. The van der Waals surface area contributed by atoms with E-state index in [0.717, 1.165) is 12.3 Å². The molecule has 0 aliphatic heterocycles. The number of rotatable bonds is 7. The first kappa shape index (κ1) is 21.6. The Kier molecular flexibility index (Phi) is 13.1. The normalized spacial score (nSPS) is 16.7. The van der Waals surface area contributed by atoms with Crippen molar-refractivity contribution in [1.29, 1.82) is 0 Å². The van der Waals surface area contributed by atoms with Gasteiger partial charge in [-0.3, -0.25) is 4.79 Å². The van der Waals surface area contributed by atoms with Gasteiger partial charge in [0.15, 0.2) is 0 Å². The van der Waals surface area contributed by atoms with Gasteiger partial charge in [-0.2, -0.15) is 0 Å². The van der Waals surface area contributed by atoms with Gasteiger partial charge >= 0.3 is 5.97 Å². The third kappa shape index (κ3) is 13.8. The van der Waals surface area contributed by atoms with Gasteiger partial charge in [0, 0.05) is 18.1 Å². The van der Waals surface area contributed by atoms with Gasteiger partial charge in [0.05, 0.1) is 5.92 Å². The van der Waals surface area contributed by atoms with Crippen LogP contribution in [0.4, 0.5) is 0 Å². The predicted octanol–water partition coefficient (Wildman–Crippen LogP) is 1.63. The van der Waals surface area contributed by atoms with Crippen molar-refractivity contribution in [3.63, 3.8) is 0 Å². The van der Waals surface area contributed by atoms with Gasteiger partial charge in [-0.1, -0.05) is 20.8 Å². The summed E-state index contributed by atoms with van der Waals surface area (Å²) in [5.41, 5.74) is 16.6. The lowest BCUT2D eigenvalue weighted by atomic mass is 9.99. The maximum absolute atomic E-state index is 11.4. The summed E-state index contributed by atoms with van der Waals surface area (Å²) in [7, 11) is 0. The van der Waals surface area contributed by atoms with Gasteiger partial charge in [0.2, 0.25) is 0 Å². The average Bonchev–Trinajstić information content (AvgIpc) is 2.25. The number of carbonyl (C=O) groups is 1. The molecule has 4 atom stereocenters. The lowest BCUT2D eigenvalue weighted by Crippen LogP contribution is -2.35. The van der Waals surface area contributed by atoms with Crippen molar-refractivity contribution in [2.45, 2.75) is 72.5 Å². The molecule has 0 rings (SSSR count). The summed E-state index contributed by atoms with van der Waals surface area (Å²) in [6, 6.07) is 0.0973. The summed E-state index contributed by atoms with van der Waals surface area (Å²) in [6.45, 7) is 12.2. The van der Waals surface area contributed by atoms with Crippen LogP contribution >= 0.6 is 0 Å². The molecule has 5 heteroatoms. The molecule has 0 spiro atoms. The molecular weight excluding hydrogens is 254 g/mol. The largest absolute Gasteiger partial charge is 0.464 e. The molecule has 5 nitrogen and oxygen atoms in total. The molecule has 0 saturated carbocycles. The number of nitrogens with two attached hydrogens (primary N) is 3. The topological polar surface area (TPSA) is 104 Å². The lowest BCUT2D eigenvalue weighted by Gasteiger charge is -2.18. The first-order valence-corrected chi connectivity index (χ1v) is 7.55. The fourth-order valence-corrected chi connectivity index (χ4v) is 1.82. The van der Waals surface area contributed by atoms with Crippen LogP contribution in [0.5, 0.6) is 0 Å². The highest BCUT2D eigenvalue weighted by Gasteiger charge is 2.22. The second kappa shape index (κ2) is 12.1. The third-order valence-electron chi connectivity index (χ3n) is 2.71. The highest BCUT2D eigenvalue weighted by Crippen LogP contribution is 2.08. The van der Waals surface area contributed by atoms with E-state index in [2.05, 4.69) is 13.8 Å². The molecule has 0 aromatic carbocycles. The van der Waals surface area contributed by atoms with Gasteiger partial charge in [-0.05, 0) is 39.5 Å². The Morgan fingerprint density at radius 2 is 1.50 bits per heavy atom. The van der Waals surface area contributed by atoms with Crippen molar-refractivity contribution in [1.82, 2.24) is 0 Å². The van der Waals surface area contributed by atoms with Crippen LogP contribution in [-0.4, -0.2) is 30.7 Å². The fraction of sp³-hybridized carbons (Fsp3) is 0.933. The molecule has 4 unspecified atom stereocenters. The van der Waals surface area contributed by atoms with Gasteiger partial charge in [-0.15, -0.1) is 0 Å². The number of carbonyl (C=O) groups excluding carboxylic acids is 1. The smallest absolute Gasteiger partial charge is 0.310 e. The van der Waals surface area contributed by atoms with E-state index in [1.807, 2.05) is 13.8 Å². The van der Waals surface area contributed by atoms with Crippen molar-refractivity contribution in [2.24, 2.45) is 29.0 Å². The van der Waals surface area contributed by atoms with E-state index in [1.165, 1.54) is 0 Å². The Balaban J connectivity index is 0. The van der Waals surface area contributed by atoms with E-state index in [0.29, 0.717) is 12.5 Å². The van der Waals surface area contributed by atoms with Gasteiger partial charge in [0.25, 0.3) is 0 Å². The minimum atomic E-state index is -0.241. The molecule has 0 amide bonds. The van der Waals surface area contributed by atoms with Crippen molar-refractivity contribution >= 4 is 5.97 Å². The molecule has 0 radical (unpaired) electrons. The van der Waals surface area contributed by atoms with Crippen LogP contribution in [0.3, 0.4) is 0 Å². The van der Waals surface area contributed by atoms with Crippen molar-refractivity contribution in [2.75, 3.05) is 6.61 Å². The van der Waals surface area contributed by atoms with Crippen LogP contribution in [0, 0.1) is 11.8 Å². The van der Waals surface area contributed by atoms with Crippen LogP contribution < -0.4 is 17.2 Å². The quantitative estimate of drug-likeness (QED) is 0.618. The van der Waals surface area contributed by atoms with Crippen LogP contribution in [0.15, 0.2) is 0 Å².